The summed E-state index contributed by atoms with van der Waals surface area (Å²) in [6.07, 6.45) is 3.36. The lowest BCUT2D eigenvalue weighted by molar-refractivity contribution is -0.0417. The fourth-order valence-corrected chi connectivity index (χ4v) is 5.56. The number of hydrogen-bond acceptors (Lipinski definition) is 4. The van der Waals surface area contributed by atoms with Crippen LogP contribution in [0.3, 0.4) is 0 Å². The molecule has 4 nitrogen and oxygen atoms in total. The van der Waals surface area contributed by atoms with E-state index in [1.807, 2.05) is 18.2 Å². The number of aliphatic hydroxyl groups is 1. The van der Waals surface area contributed by atoms with E-state index in [2.05, 4.69) is 4.98 Å². The minimum atomic E-state index is -3.90. The molecule has 1 fully saturated rings. The fraction of sp³-hybridized carbons (Fsp3) is 0.160. The summed E-state index contributed by atoms with van der Waals surface area (Å²) in [5.74, 6) is -0.292. The number of benzene rings is 3. The Labute approximate surface area is 179 Å². The zero-order valence-electron chi connectivity index (χ0n) is 16.6. The number of aromatic nitrogens is 1. The maximum atomic E-state index is 13.4. The summed E-state index contributed by atoms with van der Waals surface area (Å²) in [4.78, 5) is 4.27. The maximum absolute atomic E-state index is 13.4. The number of halogens is 1. The van der Waals surface area contributed by atoms with Gasteiger partial charge in [-0.1, -0.05) is 36.4 Å². The molecule has 1 heterocycles. The molecule has 0 unspecified atom stereocenters. The molecule has 156 valence electrons. The highest BCUT2D eigenvalue weighted by Gasteiger charge is 2.41. The first-order valence-corrected chi connectivity index (χ1v) is 11.6. The Hall–Kier alpha value is -3.09. The quantitative estimate of drug-likeness (QED) is 0.478. The molecule has 0 amide bonds. The van der Waals surface area contributed by atoms with Crippen molar-refractivity contribution in [3.8, 4) is 11.1 Å². The molecule has 1 aliphatic rings. The molecule has 1 aromatic heterocycles. The first kappa shape index (κ1) is 19.8. The summed E-state index contributed by atoms with van der Waals surface area (Å²) in [7, 11) is -3.90. The maximum Gasteiger partial charge on any atom is 0.224 e. The standard InChI is InChI=1S/C25H20FNO3S/c26-21-9-6-17(7-10-21)18-4-5-20-16-22(11-8-19(20)15-18)31(29,30)24-23(3-1-14-27-24)25(28)12-2-13-25/h1,3-11,14-16,28H,2,12-13H2. The van der Waals surface area contributed by atoms with Crippen LogP contribution in [-0.4, -0.2) is 18.5 Å². The van der Waals surface area contributed by atoms with Gasteiger partial charge in [0.05, 0.1) is 10.5 Å². The van der Waals surface area contributed by atoms with Crippen LogP contribution >= 0.6 is 0 Å². The topological polar surface area (TPSA) is 67.3 Å². The molecule has 1 saturated carbocycles. The van der Waals surface area contributed by atoms with Gasteiger partial charge in [-0.15, -0.1) is 0 Å². The van der Waals surface area contributed by atoms with Gasteiger partial charge in [0.1, 0.15) is 5.82 Å². The third-order valence-electron chi connectivity index (χ3n) is 6.01. The van der Waals surface area contributed by atoms with Crippen LogP contribution in [0.1, 0.15) is 24.8 Å². The second-order valence-corrected chi connectivity index (χ2v) is 9.84. The molecule has 0 spiro atoms. The van der Waals surface area contributed by atoms with Crippen LogP contribution in [-0.2, 0) is 15.4 Å². The molecule has 0 atom stereocenters. The van der Waals surface area contributed by atoms with E-state index >= 15 is 0 Å². The van der Waals surface area contributed by atoms with Gasteiger partial charge in [0.25, 0.3) is 0 Å². The van der Waals surface area contributed by atoms with Crippen molar-refractivity contribution < 1.29 is 17.9 Å². The average Bonchev–Trinajstić information content (AvgIpc) is 2.77. The molecule has 1 N–H and O–H groups in total. The van der Waals surface area contributed by atoms with E-state index < -0.39 is 15.4 Å². The van der Waals surface area contributed by atoms with Crippen LogP contribution in [0.25, 0.3) is 21.9 Å². The Morgan fingerprint density at radius 1 is 0.871 bits per heavy atom. The largest absolute Gasteiger partial charge is 0.385 e. The molecule has 3 aromatic carbocycles. The number of rotatable bonds is 4. The number of hydrogen-bond donors (Lipinski definition) is 1. The van der Waals surface area contributed by atoms with Gasteiger partial charge in [-0.2, -0.15) is 0 Å². The molecule has 5 rings (SSSR count). The Kier molecular flexibility index (Phi) is 4.64. The van der Waals surface area contributed by atoms with Crippen LogP contribution in [0.5, 0.6) is 0 Å². The second-order valence-electron chi connectivity index (χ2n) is 7.98. The molecule has 1 aliphatic carbocycles. The van der Waals surface area contributed by atoms with Crippen molar-refractivity contribution in [1.82, 2.24) is 4.98 Å². The zero-order valence-corrected chi connectivity index (χ0v) is 17.4. The molecule has 0 aliphatic heterocycles. The third kappa shape index (κ3) is 3.42. The smallest absolute Gasteiger partial charge is 0.224 e. The van der Waals surface area contributed by atoms with E-state index in [-0.39, 0.29) is 15.7 Å². The Balaban J connectivity index is 1.56. The highest BCUT2D eigenvalue weighted by Crippen LogP contribution is 2.43. The Bertz CT molecular complexity index is 1390. The molecule has 0 bridgehead atoms. The summed E-state index contributed by atoms with van der Waals surface area (Å²) in [5, 5.41) is 12.3. The molecular weight excluding hydrogens is 413 g/mol. The molecule has 0 radical (unpaired) electrons. The number of pyridine rings is 1. The predicted octanol–water partition coefficient (Wildman–Crippen LogP) is 5.25. The van der Waals surface area contributed by atoms with Crippen LogP contribution in [0.4, 0.5) is 4.39 Å². The number of fused-ring (bicyclic) bond motifs is 1. The zero-order chi connectivity index (χ0) is 21.6. The third-order valence-corrected chi connectivity index (χ3v) is 7.72. The summed E-state index contributed by atoms with van der Waals surface area (Å²) in [6, 6.07) is 20.2. The van der Waals surface area contributed by atoms with E-state index in [0.717, 1.165) is 28.3 Å². The van der Waals surface area contributed by atoms with Crippen molar-refractivity contribution in [3.63, 3.8) is 0 Å². The van der Waals surface area contributed by atoms with Crippen molar-refractivity contribution in [2.75, 3.05) is 0 Å². The second kappa shape index (κ2) is 7.25. The van der Waals surface area contributed by atoms with Gasteiger partial charge >= 0.3 is 0 Å². The van der Waals surface area contributed by atoms with Crippen LogP contribution in [0.15, 0.2) is 88.9 Å². The first-order chi connectivity index (χ1) is 14.9. The van der Waals surface area contributed by atoms with Crippen molar-refractivity contribution in [2.24, 2.45) is 0 Å². The summed E-state index contributed by atoms with van der Waals surface area (Å²) >= 11 is 0. The van der Waals surface area contributed by atoms with Gasteiger partial charge < -0.3 is 5.11 Å². The first-order valence-electron chi connectivity index (χ1n) is 10.1. The van der Waals surface area contributed by atoms with Crippen LogP contribution in [0.2, 0.25) is 0 Å². The van der Waals surface area contributed by atoms with E-state index in [4.69, 9.17) is 0 Å². The van der Waals surface area contributed by atoms with Crippen molar-refractivity contribution in [2.45, 2.75) is 34.8 Å². The Morgan fingerprint density at radius 3 is 2.26 bits per heavy atom. The van der Waals surface area contributed by atoms with Gasteiger partial charge in [0.15, 0.2) is 5.03 Å². The van der Waals surface area contributed by atoms with E-state index in [9.17, 15) is 17.9 Å². The molecular formula is C25H20FNO3S. The van der Waals surface area contributed by atoms with Crippen LogP contribution < -0.4 is 0 Å². The lowest BCUT2D eigenvalue weighted by Crippen LogP contribution is -2.35. The summed E-state index contributed by atoms with van der Waals surface area (Å²) in [5.41, 5.74) is 1.04. The minimum Gasteiger partial charge on any atom is -0.385 e. The highest BCUT2D eigenvalue weighted by atomic mass is 32.2. The van der Waals surface area contributed by atoms with Gasteiger partial charge in [-0.25, -0.2) is 17.8 Å². The summed E-state index contributed by atoms with van der Waals surface area (Å²) < 4.78 is 40.0. The highest BCUT2D eigenvalue weighted by molar-refractivity contribution is 7.91. The molecule has 0 saturated heterocycles. The lowest BCUT2D eigenvalue weighted by Gasteiger charge is -2.37. The van der Waals surface area contributed by atoms with Gasteiger partial charge in [0, 0.05) is 11.8 Å². The summed E-state index contributed by atoms with van der Waals surface area (Å²) in [6.45, 7) is 0. The predicted molar refractivity (Wildman–Crippen MR) is 117 cm³/mol. The fourth-order valence-electron chi connectivity index (χ4n) is 4.06. The van der Waals surface area contributed by atoms with Gasteiger partial charge in [-0.3, -0.25) is 0 Å². The van der Waals surface area contributed by atoms with Gasteiger partial charge in [-0.05, 0) is 77.6 Å². The monoisotopic (exact) mass is 433 g/mol. The normalized spacial score (nSPS) is 15.5. The van der Waals surface area contributed by atoms with Crippen molar-refractivity contribution in [3.05, 3.63) is 90.4 Å². The van der Waals surface area contributed by atoms with Crippen molar-refractivity contribution >= 4 is 20.6 Å². The minimum absolute atomic E-state index is 0.0838. The molecule has 31 heavy (non-hydrogen) atoms. The van der Waals surface area contributed by atoms with Gasteiger partial charge in [0.2, 0.25) is 9.84 Å². The van der Waals surface area contributed by atoms with Crippen LogP contribution in [0, 0.1) is 5.82 Å². The van der Waals surface area contributed by atoms with E-state index in [0.29, 0.717) is 18.4 Å². The van der Waals surface area contributed by atoms with E-state index in [1.54, 1.807) is 42.5 Å². The molecule has 6 heteroatoms. The average molecular weight is 434 g/mol. The van der Waals surface area contributed by atoms with Crippen molar-refractivity contribution in [1.29, 1.82) is 0 Å². The number of nitrogens with zero attached hydrogens (tertiary/aromatic N) is 1. The number of sulfone groups is 1. The Morgan fingerprint density at radius 2 is 1.55 bits per heavy atom. The SMILES string of the molecule is O=S(=O)(c1ccc2cc(-c3ccc(F)cc3)ccc2c1)c1ncccc1C1(O)CCC1. The lowest BCUT2D eigenvalue weighted by atomic mass is 9.76. The molecule has 4 aromatic rings. The van der Waals surface area contributed by atoms with E-state index in [1.165, 1.54) is 18.3 Å².